The molecule has 2 heterocycles. The van der Waals surface area contributed by atoms with E-state index in [0.717, 1.165) is 23.5 Å². The van der Waals surface area contributed by atoms with Crippen LogP contribution < -0.4 is 21.1 Å². The zero-order valence-corrected chi connectivity index (χ0v) is 23.1. The number of carbonyl (C=O) groups excluding carboxylic acids is 1. The average molecular weight is 574 g/mol. The van der Waals surface area contributed by atoms with Gasteiger partial charge in [-0.05, 0) is 55.0 Å². The summed E-state index contributed by atoms with van der Waals surface area (Å²) in [6.07, 6.45) is -3.07. The highest BCUT2D eigenvalue weighted by atomic mass is 19.4. The quantitative estimate of drug-likeness (QED) is 0.265. The molecule has 0 saturated heterocycles. The minimum atomic E-state index is -4.58. The molecular formula is C30H26F3N7O2. The number of halogens is 3. The van der Waals surface area contributed by atoms with Crippen molar-refractivity contribution in [1.29, 1.82) is 0 Å². The molecule has 0 fully saturated rings. The third-order valence-electron chi connectivity index (χ3n) is 6.72. The number of amides is 1. The van der Waals surface area contributed by atoms with E-state index in [0.29, 0.717) is 33.9 Å². The first kappa shape index (κ1) is 28.3. The van der Waals surface area contributed by atoms with E-state index in [9.17, 15) is 22.8 Å². The lowest BCUT2D eigenvalue weighted by Gasteiger charge is -2.15. The fraction of sp³-hybridized carbons (Fsp3) is 0.167. The molecule has 0 radical (unpaired) electrons. The Morgan fingerprint density at radius 2 is 1.71 bits per heavy atom. The molecule has 5 rings (SSSR count). The Labute approximate surface area is 238 Å². The number of carbonyl (C=O) groups is 1. The summed E-state index contributed by atoms with van der Waals surface area (Å²) in [6, 6.07) is 16.8. The van der Waals surface area contributed by atoms with Gasteiger partial charge in [0.1, 0.15) is 11.2 Å². The zero-order chi connectivity index (χ0) is 30.2. The third-order valence-corrected chi connectivity index (χ3v) is 6.72. The van der Waals surface area contributed by atoms with Crippen LogP contribution in [-0.2, 0) is 13.2 Å². The molecule has 2 N–H and O–H groups in total. The molecule has 3 aromatic carbocycles. The molecule has 0 bridgehead atoms. The number of hydrogen-bond acceptors (Lipinski definition) is 7. The number of aryl methyl sites for hydroxylation is 1. The van der Waals surface area contributed by atoms with Crippen molar-refractivity contribution in [2.75, 3.05) is 29.6 Å². The molecule has 0 atom stereocenters. The van der Waals surface area contributed by atoms with Crippen molar-refractivity contribution < 1.29 is 18.0 Å². The Morgan fingerprint density at radius 3 is 2.45 bits per heavy atom. The summed E-state index contributed by atoms with van der Waals surface area (Å²) >= 11 is 0. The van der Waals surface area contributed by atoms with Crippen molar-refractivity contribution in [2.45, 2.75) is 13.1 Å². The van der Waals surface area contributed by atoms with Crippen LogP contribution in [0.25, 0.3) is 22.4 Å². The van der Waals surface area contributed by atoms with Crippen molar-refractivity contribution in [3.05, 3.63) is 100.0 Å². The summed E-state index contributed by atoms with van der Waals surface area (Å²) in [5.74, 6) is -0.427. The summed E-state index contributed by atoms with van der Waals surface area (Å²) in [5.41, 5.74) is 2.36. The maximum Gasteiger partial charge on any atom is 0.416 e. The zero-order valence-electron chi connectivity index (χ0n) is 23.1. The smallest absolute Gasteiger partial charge is 0.378 e. The van der Waals surface area contributed by atoms with Gasteiger partial charge in [0.15, 0.2) is 5.65 Å². The van der Waals surface area contributed by atoms with Gasteiger partial charge in [0.25, 0.3) is 11.5 Å². The van der Waals surface area contributed by atoms with Crippen LogP contribution in [-0.4, -0.2) is 39.5 Å². The van der Waals surface area contributed by atoms with E-state index in [-0.39, 0.29) is 11.3 Å². The first-order chi connectivity index (χ1) is 19.9. The molecule has 214 valence electrons. The molecule has 0 unspecified atom stereocenters. The van der Waals surface area contributed by atoms with E-state index in [1.165, 1.54) is 22.9 Å². The van der Waals surface area contributed by atoms with Gasteiger partial charge in [0.2, 0.25) is 5.95 Å². The first-order valence-corrected chi connectivity index (χ1v) is 12.8. The summed E-state index contributed by atoms with van der Waals surface area (Å²) < 4.78 is 40.7. The largest absolute Gasteiger partial charge is 0.416 e. The SMILES string of the molecule is Cc1c(NC(=O)c2cccc(C(F)(F)F)c2)cccc1-c1nc2cnc(Nc3cccc(N(C)C)c3)nc2n(C)c1=O. The average Bonchev–Trinajstić information content (AvgIpc) is 2.96. The first-order valence-electron chi connectivity index (χ1n) is 12.8. The van der Waals surface area contributed by atoms with E-state index >= 15 is 0 Å². The molecule has 0 aliphatic heterocycles. The van der Waals surface area contributed by atoms with Crippen LogP contribution in [0.2, 0.25) is 0 Å². The second-order valence-corrected chi connectivity index (χ2v) is 9.81. The van der Waals surface area contributed by atoms with E-state index < -0.39 is 23.2 Å². The van der Waals surface area contributed by atoms with Gasteiger partial charge in [-0.25, -0.2) is 9.97 Å². The molecule has 0 aliphatic rings. The molecule has 5 aromatic rings. The summed E-state index contributed by atoms with van der Waals surface area (Å²) in [5, 5.41) is 5.80. The Hall–Kier alpha value is -5.26. The highest BCUT2D eigenvalue weighted by molar-refractivity contribution is 6.05. The number of nitrogens with zero attached hydrogens (tertiary/aromatic N) is 5. The number of fused-ring (bicyclic) bond motifs is 1. The van der Waals surface area contributed by atoms with Gasteiger partial charge in [-0.15, -0.1) is 0 Å². The highest BCUT2D eigenvalue weighted by Crippen LogP contribution is 2.31. The number of alkyl halides is 3. The van der Waals surface area contributed by atoms with Crippen molar-refractivity contribution in [2.24, 2.45) is 7.05 Å². The number of hydrogen-bond donors (Lipinski definition) is 2. The lowest BCUT2D eigenvalue weighted by Crippen LogP contribution is -2.22. The van der Waals surface area contributed by atoms with Crippen LogP contribution in [0.15, 0.2) is 77.7 Å². The number of nitrogens with one attached hydrogen (secondary N) is 2. The summed E-state index contributed by atoms with van der Waals surface area (Å²) in [6.45, 7) is 1.69. The van der Waals surface area contributed by atoms with Gasteiger partial charge in [-0.1, -0.05) is 24.3 Å². The number of benzene rings is 3. The number of rotatable bonds is 6. The van der Waals surface area contributed by atoms with Crippen LogP contribution in [0.5, 0.6) is 0 Å². The Bertz CT molecular complexity index is 1880. The molecule has 42 heavy (non-hydrogen) atoms. The van der Waals surface area contributed by atoms with Crippen molar-refractivity contribution in [3.8, 4) is 11.3 Å². The van der Waals surface area contributed by atoms with Crippen LogP contribution in [0.3, 0.4) is 0 Å². The van der Waals surface area contributed by atoms with Crippen LogP contribution in [0.4, 0.5) is 36.2 Å². The van der Waals surface area contributed by atoms with Gasteiger partial charge in [-0.2, -0.15) is 18.2 Å². The maximum absolute atomic E-state index is 13.4. The normalized spacial score (nSPS) is 11.4. The van der Waals surface area contributed by atoms with Crippen molar-refractivity contribution >= 4 is 40.1 Å². The molecule has 1 amide bonds. The van der Waals surface area contributed by atoms with Gasteiger partial charge >= 0.3 is 6.18 Å². The number of anilines is 4. The lowest BCUT2D eigenvalue weighted by atomic mass is 10.0. The fourth-order valence-corrected chi connectivity index (χ4v) is 4.40. The lowest BCUT2D eigenvalue weighted by molar-refractivity contribution is -0.137. The Morgan fingerprint density at radius 1 is 0.976 bits per heavy atom. The van der Waals surface area contributed by atoms with E-state index in [2.05, 4.69) is 25.6 Å². The topological polar surface area (TPSA) is 105 Å². The highest BCUT2D eigenvalue weighted by Gasteiger charge is 2.31. The van der Waals surface area contributed by atoms with Crippen LogP contribution in [0, 0.1) is 6.92 Å². The van der Waals surface area contributed by atoms with E-state index in [1.54, 1.807) is 32.2 Å². The van der Waals surface area contributed by atoms with Gasteiger partial charge in [0.05, 0.1) is 11.8 Å². The van der Waals surface area contributed by atoms with Crippen molar-refractivity contribution in [1.82, 2.24) is 19.5 Å². The molecule has 12 heteroatoms. The molecule has 2 aromatic heterocycles. The molecular weight excluding hydrogens is 547 g/mol. The predicted octanol–water partition coefficient (Wildman–Crippen LogP) is 5.78. The minimum absolute atomic E-state index is 0.112. The van der Waals surface area contributed by atoms with Crippen molar-refractivity contribution in [3.63, 3.8) is 0 Å². The van der Waals surface area contributed by atoms with Gasteiger partial charge in [-0.3, -0.25) is 14.2 Å². The molecule has 0 saturated carbocycles. The molecule has 9 nitrogen and oxygen atoms in total. The van der Waals surface area contributed by atoms with Gasteiger partial charge < -0.3 is 15.5 Å². The summed E-state index contributed by atoms with van der Waals surface area (Å²) in [4.78, 5) is 41.6. The third kappa shape index (κ3) is 5.64. The van der Waals surface area contributed by atoms with Crippen LogP contribution >= 0.6 is 0 Å². The second-order valence-electron chi connectivity index (χ2n) is 9.81. The predicted molar refractivity (Wildman–Crippen MR) is 156 cm³/mol. The van der Waals surface area contributed by atoms with E-state index in [4.69, 9.17) is 0 Å². The Kier molecular flexibility index (Phi) is 7.38. The van der Waals surface area contributed by atoms with Crippen LogP contribution in [0.1, 0.15) is 21.5 Å². The van der Waals surface area contributed by atoms with Gasteiger partial charge in [0, 0.05) is 49.3 Å². The summed E-state index contributed by atoms with van der Waals surface area (Å²) in [7, 11) is 5.45. The van der Waals surface area contributed by atoms with E-state index in [1.807, 2.05) is 43.3 Å². The maximum atomic E-state index is 13.4. The molecule has 0 aliphatic carbocycles. The number of aromatic nitrogens is 4. The standard InChI is InChI=1S/C30H26F3N7O2/c1-17-22(12-7-13-23(17)37-27(41)18-8-5-9-19(14-18)30(31,32)33)25-28(42)40(4)26-24(36-25)16-34-29(38-26)35-20-10-6-11-21(15-20)39(2)3/h5-16H,1-4H3,(H,37,41)(H,34,35,38). The minimum Gasteiger partial charge on any atom is -0.378 e. The second kappa shape index (κ2) is 11.0. The molecule has 0 spiro atoms. The Balaban J connectivity index is 1.46. The monoisotopic (exact) mass is 573 g/mol. The fourth-order valence-electron chi connectivity index (χ4n) is 4.40.